The molecule has 0 radical (unpaired) electrons. The van der Waals surface area contributed by atoms with Gasteiger partial charge in [0.15, 0.2) is 0 Å². The lowest BCUT2D eigenvalue weighted by molar-refractivity contribution is 0.0378. The molecule has 110 valence electrons. The molecule has 2 rings (SSSR count). The van der Waals surface area contributed by atoms with Gasteiger partial charge in [0.2, 0.25) is 0 Å². The monoisotopic (exact) mass is 343 g/mol. The largest absolute Gasteiger partial charge is 0.478 e. The van der Waals surface area contributed by atoms with E-state index in [1.165, 1.54) is 0 Å². The lowest BCUT2D eigenvalue weighted by Crippen LogP contribution is -2.37. The van der Waals surface area contributed by atoms with Crippen molar-refractivity contribution >= 4 is 27.7 Å². The van der Waals surface area contributed by atoms with Gasteiger partial charge in [-0.25, -0.2) is 9.78 Å². The Morgan fingerprint density at radius 3 is 2.95 bits per heavy atom. The second kappa shape index (κ2) is 7.56. The first kappa shape index (κ1) is 15.2. The molecule has 1 saturated heterocycles. The fourth-order valence-corrected chi connectivity index (χ4v) is 2.41. The Labute approximate surface area is 126 Å². The second-order valence-corrected chi connectivity index (χ2v) is 5.50. The summed E-state index contributed by atoms with van der Waals surface area (Å²) in [6, 6.07) is 1.56. The Kier molecular flexibility index (Phi) is 5.75. The van der Waals surface area contributed by atoms with Gasteiger partial charge in [-0.05, 0) is 35.0 Å². The summed E-state index contributed by atoms with van der Waals surface area (Å²) >= 11 is 3.23. The van der Waals surface area contributed by atoms with E-state index in [0.29, 0.717) is 16.8 Å². The predicted molar refractivity (Wildman–Crippen MR) is 79.3 cm³/mol. The number of hydrogen-bond acceptors (Lipinski definition) is 5. The molecule has 0 saturated carbocycles. The highest BCUT2D eigenvalue weighted by atomic mass is 79.9. The van der Waals surface area contributed by atoms with Crippen molar-refractivity contribution in [3.05, 3.63) is 22.3 Å². The lowest BCUT2D eigenvalue weighted by Gasteiger charge is -2.26. The molecule has 1 aromatic heterocycles. The quantitative estimate of drug-likeness (QED) is 0.765. The van der Waals surface area contributed by atoms with E-state index in [2.05, 4.69) is 31.1 Å². The number of aromatic carboxylic acids is 1. The smallest absolute Gasteiger partial charge is 0.339 e. The van der Waals surface area contributed by atoms with Gasteiger partial charge in [0, 0.05) is 30.3 Å². The minimum absolute atomic E-state index is 0.186. The van der Waals surface area contributed by atoms with Crippen LogP contribution in [0.4, 0.5) is 5.82 Å². The van der Waals surface area contributed by atoms with E-state index in [4.69, 9.17) is 9.84 Å². The molecule has 20 heavy (non-hydrogen) atoms. The first-order valence-corrected chi connectivity index (χ1v) is 7.39. The number of rotatable bonds is 6. The van der Waals surface area contributed by atoms with Crippen LogP contribution in [0.15, 0.2) is 16.7 Å². The Morgan fingerprint density at radius 1 is 1.50 bits per heavy atom. The minimum atomic E-state index is -0.977. The SMILES string of the molecule is O=C(O)c1cc(Br)cnc1NCCCN1CCOCC1. The molecule has 1 fully saturated rings. The lowest BCUT2D eigenvalue weighted by atomic mass is 10.2. The van der Waals surface area contributed by atoms with Crippen LogP contribution in [-0.2, 0) is 4.74 Å². The number of anilines is 1. The Hall–Kier alpha value is -1.18. The molecule has 1 aliphatic rings. The van der Waals surface area contributed by atoms with E-state index in [0.717, 1.165) is 39.3 Å². The van der Waals surface area contributed by atoms with Crippen LogP contribution in [0.5, 0.6) is 0 Å². The molecule has 0 aromatic carbocycles. The maximum absolute atomic E-state index is 11.1. The Morgan fingerprint density at radius 2 is 2.25 bits per heavy atom. The molecule has 0 bridgehead atoms. The van der Waals surface area contributed by atoms with Gasteiger partial charge in [-0.1, -0.05) is 0 Å². The van der Waals surface area contributed by atoms with E-state index in [-0.39, 0.29) is 5.56 Å². The Balaban J connectivity index is 1.80. The van der Waals surface area contributed by atoms with Crippen molar-refractivity contribution in [1.29, 1.82) is 0 Å². The van der Waals surface area contributed by atoms with Crippen LogP contribution in [0.25, 0.3) is 0 Å². The third kappa shape index (κ3) is 4.43. The molecule has 7 heteroatoms. The van der Waals surface area contributed by atoms with Gasteiger partial charge >= 0.3 is 5.97 Å². The van der Waals surface area contributed by atoms with Crippen molar-refractivity contribution in [2.45, 2.75) is 6.42 Å². The number of aromatic nitrogens is 1. The zero-order valence-corrected chi connectivity index (χ0v) is 12.7. The molecule has 6 nitrogen and oxygen atoms in total. The van der Waals surface area contributed by atoms with E-state index < -0.39 is 5.97 Å². The first-order chi connectivity index (χ1) is 9.66. The summed E-state index contributed by atoms with van der Waals surface area (Å²) in [6.07, 6.45) is 2.54. The maximum Gasteiger partial charge on any atom is 0.339 e. The molecule has 0 atom stereocenters. The summed E-state index contributed by atoms with van der Waals surface area (Å²) in [5, 5.41) is 12.2. The number of carboxylic acid groups (broad SMARTS) is 1. The van der Waals surface area contributed by atoms with E-state index in [1.807, 2.05) is 0 Å². The van der Waals surface area contributed by atoms with Crippen LogP contribution in [0.1, 0.15) is 16.8 Å². The number of nitrogens with one attached hydrogen (secondary N) is 1. The standard InChI is InChI=1S/C13H18BrN3O3/c14-10-8-11(13(18)19)12(16-9-10)15-2-1-3-17-4-6-20-7-5-17/h8-9H,1-7H2,(H,15,16)(H,18,19). The van der Waals surface area contributed by atoms with Gasteiger partial charge in [-0.15, -0.1) is 0 Å². The molecule has 2 heterocycles. The fraction of sp³-hybridized carbons (Fsp3) is 0.538. The summed E-state index contributed by atoms with van der Waals surface area (Å²) in [6.45, 7) is 5.21. The van der Waals surface area contributed by atoms with Crippen LogP contribution in [0.3, 0.4) is 0 Å². The van der Waals surface area contributed by atoms with Gasteiger partial charge in [-0.3, -0.25) is 4.90 Å². The van der Waals surface area contributed by atoms with E-state index in [9.17, 15) is 4.79 Å². The van der Waals surface area contributed by atoms with Gasteiger partial charge in [0.1, 0.15) is 11.4 Å². The molecule has 2 N–H and O–H groups in total. The molecule has 1 aliphatic heterocycles. The average Bonchev–Trinajstić information content (AvgIpc) is 2.45. The zero-order valence-electron chi connectivity index (χ0n) is 11.1. The van der Waals surface area contributed by atoms with Crippen molar-refractivity contribution < 1.29 is 14.6 Å². The normalized spacial score (nSPS) is 16.1. The molecular formula is C13H18BrN3O3. The number of carbonyl (C=O) groups is 1. The number of halogens is 1. The van der Waals surface area contributed by atoms with Crippen molar-refractivity contribution in [3.63, 3.8) is 0 Å². The van der Waals surface area contributed by atoms with Crippen molar-refractivity contribution in [1.82, 2.24) is 9.88 Å². The number of nitrogens with zero attached hydrogens (tertiary/aromatic N) is 2. The molecule has 0 aliphatic carbocycles. The van der Waals surface area contributed by atoms with Crippen molar-refractivity contribution in [2.75, 3.05) is 44.7 Å². The minimum Gasteiger partial charge on any atom is -0.478 e. The number of carboxylic acids is 1. The van der Waals surface area contributed by atoms with Crippen LogP contribution in [0.2, 0.25) is 0 Å². The van der Waals surface area contributed by atoms with Gasteiger partial charge in [0.25, 0.3) is 0 Å². The van der Waals surface area contributed by atoms with Gasteiger partial charge < -0.3 is 15.2 Å². The van der Waals surface area contributed by atoms with E-state index >= 15 is 0 Å². The maximum atomic E-state index is 11.1. The first-order valence-electron chi connectivity index (χ1n) is 6.59. The van der Waals surface area contributed by atoms with Crippen molar-refractivity contribution in [2.24, 2.45) is 0 Å². The third-order valence-electron chi connectivity index (χ3n) is 3.13. The highest BCUT2D eigenvalue weighted by molar-refractivity contribution is 9.10. The topological polar surface area (TPSA) is 74.7 Å². The van der Waals surface area contributed by atoms with E-state index in [1.54, 1.807) is 12.3 Å². The van der Waals surface area contributed by atoms with Crippen LogP contribution >= 0.6 is 15.9 Å². The number of ether oxygens (including phenoxy) is 1. The highest BCUT2D eigenvalue weighted by Gasteiger charge is 2.12. The third-order valence-corrected chi connectivity index (χ3v) is 3.57. The molecule has 0 spiro atoms. The second-order valence-electron chi connectivity index (χ2n) is 4.59. The average molecular weight is 344 g/mol. The number of pyridine rings is 1. The zero-order chi connectivity index (χ0) is 14.4. The molecular weight excluding hydrogens is 326 g/mol. The van der Waals surface area contributed by atoms with Crippen molar-refractivity contribution in [3.8, 4) is 0 Å². The summed E-state index contributed by atoms with van der Waals surface area (Å²) in [5.74, 6) is -0.558. The summed E-state index contributed by atoms with van der Waals surface area (Å²) in [7, 11) is 0. The summed E-state index contributed by atoms with van der Waals surface area (Å²) in [4.78, 5) is 17.6. The fourth-order valence-electron chi connectivity index (χ4n) is 2.08. The predicted octanol–water partition coefficient (Wildman–Crippen LogP) is 1.68. The molecule has 0 amide bonds. The number of morpholine rings is 1. The number of hydrogen-bond donors (Lipinski definition) is 2. The molecule has 1 aromatic rings. The van der Waals surface area contributed by atoms with Crippen LogP contribution in [-0.4, -0.2) is 60.4 Å². The molecule has 0 unspecified atom stereocenters. The summed E-state index contributed by atoms with van der Waals surface area (Å²) in [5.41, 5.74) is 0.186. The van der Waals surface area contributed by atoms with Crippen LogP contribution in [0, 0.1) is 0 Å². The van der Waals surface area contributed by atoms with Crippen LogP contribution < -0.4 is 5.32 Å². The Bertz CT molecular complexity index is 464. The highest BCUT2D eigenvalue weighted by Crippen LogP contribution is 2.18. The van der Waals surface area contributed by atoms with Gasteiger partial charge in [-0.2, -0.15) is 0 Å². The summed E-state index contributed by atoms with van der Waals surface area (Å²) < 4.78 is 5.95. The van der Waals surface area contributed by atoms with Gasteiger partial charge in [0.05, 0.1) is 13.2 Å².